The number of hydrogen-bond acceptors (Lipinski definition) is 9. The van der Waals surface area contributed by atoms with Gasteiger partial charge in [-0.3, -0.25) is 4.79 Å². The highest BCUT2D eigenvalue weighted by Crippen LogP contribution is 2.25. The monoisotopic (exact) mass is 522 g/mol. The molecule has 0 spiro atoms. The number of carbonyl (C=O) groups excluding carboxylic acids is 1. The van der Waals surface area contributed by atoms with Crippen LogP contribution in [0.3, 0.4) is 0 Å². The summed E-state index contributed by atoms with van der Waals surface area (Å²) in [6.45, 7) is 5.25. The summed E-state index contributed by atoms with van der Waals surface area (Å²) in [5.41, 5.74) is 1.07. The van der Waals surface area contributed by atoms with Crippen molar-refractivity contribution in [3.8, 4) is 5.75 Å². The molecule has 2 aromatic carbocycles. The van der Waals surface area contributed by atoms with Crippen molar-refractivity contribution in [2.75, 3.05) is 43.5 Å². The molecule has 0 aliphatic heterocycles. The average molecular weight is 523 g/mol. The molecule has 3 N–H and O–H groups in total. The van der Waals surface area contributed by atoms with Crippen LogP contribution in [0.1, 0.15) is 19.8 Å². The predicted octanol–water partition coefficient (Wildman–Crippen LogP) is 3.22. The van der Waals surface area contributed by atoms with E-state index in [1.165, 1.54) is 29.2 Å². The smallest absolute Gasteiger partial charge is 0.246 e. The number of nitrogens with zero attached hydrogens (tertiary/aromatic N) is 6. The summed E-state index contributed by atoms with van der Waals surface area (Å²) in [7, 11) is 0. The third-order valence-electron chi connectivity index (χ3n) is 5.65. The van der Waals surface area contributed by atoms with E-state index in [1.807, 2.05) is 18.2 Å². The lowest BCUT2D eigenvalue weighted by Gasteiger charge is -2.20. The second-order valence-corrected chi connectivity index (χ2v) is 8.65. The first-order valence-corrected chi connectivity index (χ1v) is 12.5. The largest absolute Gasteiger partial charge is 0.493 e. The van der Waals surface area contributed by atoms with Crippen LogP contribution in [0.2, 0.25) is 0 Å². The Hall–Kier alpha value is -4.16. The number of aromatic nitrogens is 5. The van der Waals surface area contributed by atoms with Crippen molar-refractivity contribution in [1.29, 1.82) is 0 Å². The van der Waals surface area contributed by atoms with E-state index in [9.17, 15) is 14.3 Å². The number of aliphatic hydroxyl groups is 1. The summed E-state index contributed by atoms with van der Waals surface area (Å²) in [6.07, 6.45) is 4.92. The SMILES string of the molecule is CCCN(CCO)CCCOc1ccc2c(Nc3cn(CC(=O)Nc4cccc(F)c4)nn3)ncnc2c1. The fourth-order valence-corrected chi connectivity index (χ4v) is 3.97. The van der Waals surface area contributed by atoms with Crippen molar-refractivity contribution in [2.45, 2.75) is 26.3 Å². The highest BCUT2D eigenvalue weighted by molar-refractivity contribution is 5.91. The van der Waals surface area contributed by atoms with Crippen molar-refractivity contribution >= 4 is 34.1 Å². The lowest BCUT2D eigenvalue weighted by molar-refractivity contribution is -0.116. The number of fused-ring (bicyclic) bond motifs is 1. The van der Waals surface area contributed by atoms with Crippen LogP contribution in [0, 0.1) is 5.82 Å². The summed E-state index contributed by atoms with van der Waals surface area (Å²) in [5, 5.41) is 23.7. The number of nitrogens with one attached hydrogen (secondary N) is 2. The topological polar surface area (TPSA) is 130 Å². The quantitative estimate of drug-likeness (QED) is 0.214. The van der Waals surface area contributed by atoms with E-state index in [1.54, 1.807) is 12.3 Å². The third kappa shape index (κ3) is 7.67. The van der Waals surface area contributed by atoms with Crippen LogP contribution in [0.4, 0.5) is 21.7 Å². The van der Waals surface area contributed by atoms with Gasteiger partial charge in [-0.05, 0) is 49.7 Å². The van der Waals surface area contributed by atoms with E-state index < -0.39 is 5.82 Å². The fraction of sp³-hybridized carbons (Fsp3) is 0.346. The Morgan fingerprint density at radius 3 is 2.87 bits per heavy atom. The van der Waals surface area contributed by atoms with Crippen LogP contribution in [0.15, 0.2) is 55.0 Å². The third-order valence-corrected chi connectivity index (χ3v) is 5.65. The minimum absolute atomic E-state index is 0.0907. The molecule has 11 nitrogen and oxygen atoms in total. The molecule has 0 fully saturated rings. The number of ether oxygens (including phenoxy) is 1. The molecular weight excluding hydrogens is 491 g/mol. The van der Waals surface area contributed by atoms with E-state index in [0.29, 0.717) is 41.7 Å². The maximum atomic E-state index is 13.3. The highest BCUT2D eigenvalue weighted by atomic mass is 19.1. The molecule has 38 heavy (non-hydrogen) atoms. The Morgan fingerprint density at radius 1 is 1.16 bits per heavy atom. The molecule has 4 aromatic rings. The Labute approximate surface area is 219 Å². The van der Waals surface area contributed by atoms with Gasteiger partial charge in [-0.15, -0.1) is 5.10 Å². The fourth-order valence-electron chi connectivity index (χ4n) is 3.97. The molecule has 2 aromatic heterocycles. The first-order valence-electron chi connectivity index (χ1n) is 12.5. The predicted molar refractivity (Wildman–Crippen MR) is 142 cm³/mol. The minimum Gasteiger partial charge on any atom is -0.493 e. The summed E-state index contributed by atoms with van der Waals surface area (Å²) < 4.78 is 20.6. The minimum atomic E-state index is -0.432. The normalized spacial score (nSPS) is 11.2. The second-order valence-electron chi connectivity index (χ2n) is 8.65. The van der Waals surface area contributed by atoms with E-state index in [2.05, 4.69) is 42.7 Å². The van der Waals surface area contributed by atoms with E-state index in [4.69, 9.17) is 4.74 Å². The number of benzene rings is 2. The van der Waals surface area contributed by atoms with Crippen molar-refractivity contribution in [2.24, 2.45) is 0 Å². The van der Waals surface area contributed by atoms with Crippen LogP contribution in [0.25, 0.3) is 10.9 Å². The molecule has 0 aliphatic rings. The van der Waals surface area contributed by atoms with Crippen molar-refractivity contribution in [1.82, 2.24) is 29.9 Å². The van der Waals surface area contributed by atoms with Crippen LogP contribution in [0.5, 0.6) is 5.75 Å². The zero-order valence-electron chi connectivity index (χ0n) is 21.2. The second kappa shape index (κ2) is 13.4. The molecule has 0 atom stereocenters. The molecule has 4 rings (SSSR count). The van der Waals surface area contributed by atoms with Gasteiger partial charge in [0.25, 0.3) is 0 Å². The zero-order chi connectivity index (χ0) is 26.7. The van der Waals surface area contributed by atoms with Gasteiger partial charge in [0.05, 0.1) is 24.9 Å². The number of halogens is 1. The van der Waals surface area contributed by atoms with Gasteiger partial charge in [0, 0.05) is 30.2 Å². The molecule has 0 radical (unpaired) electrons. The molecule has 200 valence electrons. The zero-order valence-corrected chi connectivity index (χ0v) is 21.2. The highest BCUT2D eigenvalue weighted by Gasteiger charge is 2.11. The number of amides is 1. The van der Waals surface area contributed by atoms with Crippen LogP contribution >= 0.6 is 0 Å². The van der Waals surface area contributed by atoms with Gasteiger partial charge in [0.15, 0.2) is 5.82 Å². The molecule has 1 amide bonds. The molecule has 12 heteroatoms. The average Bonchev–Trinajstić information content (AvgIpc) is 3.33. The molecule has 0 unspecified atom stereocenters. The number of carbonyl (C=O) groups is 1. The molecule has 0 aliphatic carbocycles. The maximum Gasteiger partial charge on any atom is 0.246 e. The Bertz CT molecular complexity index is 1340. The Morgan fingerprint density at radius 2 is 2.05 bits per heavy atom. The molecule has 0 saturated heterocycles. The maximum absolute atomic E-state index is 13.3. The van der Waals surface area contributed by atoms with E-state index >= 15 is 0 Å². The van der Waals surface area contributed by atoms with Gasteiger partial charge in [-0.1, -0.05) is 18.2 Å². The molecular formula is C26H31FN8O3. The lowest BCUT2D eigenvalue weighted by Crippen LogP contribution is -2.29. The standard InChI is InChI=1S/C26H31FN8O3/c1-2-9-34(11-12-36)10-4-13-38-21-7-8-22-23(15-21)28-18-29-26(22)31-24-16-35(33-32-24)17-25(37)30-20-6-3-5-19(27)14-20/h3,5-8,14-16,18,36H,2,4,9-13,17H2,1H3,(H,30,37)(H,28,29,31). The Balaban J connectivity index is 1.33. The first kappa shape index (κ1) is 26.9. The number of aliphatic hydroxyl groups excluding tert-OH is 1. The molecule has 2 heterocycles. The summed E-state index contributed by atoms with van der Waals surface area (Å²) >= 11 is 0. The summed E-state index contributed by atoms with van der Waals surface area (Å²) in [6, 6.07) is 11.3. The van der Waals surface area contributed by atoms with Gasteiger partial charge in [0.1, 0.15) is 30.3 Å². The van der Waals surface area contributed by atoms with Crippen molar-refractivity contribution < 1.29 is 19.0 Å². The van der Waals surface area contributed by atoms with Crippen LogP contribution in [-0.2, 0) is 11.3 Å². The van der Waals surface area contributed by atoms with E-state index in [-0.39, 0.29) is 19.1 Å². The van der Waals surface area contributed by atoms with Gasteiger partial charge < -0.3 is 25.4 Å². The van der Waals surface area contributed by atoms with Crippen LogP contribution < -0.4 is 15.4 Å². The molecule has 0 bridgehead atoms. The Kier molecular flexibility index (Phi) is 9.48. The van der Waals surface area contributed by atoms with Gasteiger partial charge in [-0.25, -0.2) is 19.0 Å². The number of anilines is 3. The number of hydrogen-bond donors (Lipinski definition) is 3. The molecule has 0 saturated carbocycles. The lowest BCUT2D eigenvalue weighted by atomic mass is 10.2. The van der Waals surface area contributed by atoms with Gasteiger partial charge >= 0.3 is 0 Å². The van der Waals surface area contributed by atoms with Crippen molar-refractivity contribution in [3.05, 3.63) is 60.8 Å². The van der Waals surface area contributed by atoms with Gasteiger partial charge in [-0.2, -0.15) is 0 Å². The van der Waals surface area contributed by atoms with E-state index in [0.717, 1.165) is 31.3 Å². The van der Waals surface area contributed by atoms with Crippen molar-refractivity contribution in [3.63, 3.8) is 0 Å². The van der Waals surface area contributed by atoms with Crippen LogP contribution in [-0.4, -0.2) is 73.7 Å². The summed E-state index contributed by atoms with van der Waals surface area (Å²) in [5.74, 6) is 0.861. The first-order chi connectivity index (χ1) is 18.5. The summed E-state index contributed by atoms with van der Waals surface area (Å²) in [4.78, 5) is 23.2. The number of rotatable bonds is 14. The van der Waals surface area contributed by atoms with Gasteiger partial charge in [0.2, 0.25) is 5.91 Å².